The van der Waals surface area contributed by atoms with Crippen molar-refractivity contribution < 1.29 is 0 Å². The van der Waals surface area contributed by atoms with Crippen molar-refractivity contribution in [1.82, 2.24) is 15.0 Å². The van der Waals surface area contributed by atoms with Gasteiger partial charge in [-0.2, -0.15) is 0 Å². The van der Waals surface area contributed by atoms with E-state index in [0.29, 0.717) is 11.8 Å². The maximum Gasteiger partial charge on any atom is 0.138 e. The van der Waals surface area contributed by atoms with Gasteiger partial charge in [-0.15, -0.1) is 0 Å². The Labute approximate surface area is 328 Å². The Bertz CT molecular complexity index is 3170. The topological polar surface area (TPSA) is 41.6 Å². The first-order valence-corrected chi connectivity index (χ1v) is 20.0. The Kier molecular flexibility index (Phi) is 6.99. The first kappa shape index (κ1) is 32.8. The largest absolute Gasteiger partial charge is 0.339 e. The van der Waals surface area contributed by atoms with Crippen molar-refractivity contribution in [3.63, 3.8) is 0 Å². The second kappa shape index (κ2) is 11.7. The van der Waals surface area contributed by atoms with Crippen LogP contribution in [-0.4, -0.2) is 15.0 Å². The molecule has 3 nitrogen and oxygen atoms in total. The van der Waals surface area contributed by atoms with Crippen LogP contribution in [-0.2, 0) is 5.41 Å². The number of halogens is 1. The molecule has 3 aliphatic carbocycles. The molecular formula is C51H40BrN3. The number of fused-ring (bicyclic) bond motifs is 14. The fourth-order valence-corrected chi connectivity index (χ4v) is 10.9. The Morgan fingerprint density at radius 3 is 2.18 bits per heavy atom. The molecule has 10 aromatic rings. The van der Waals surface area contributed by atoms with E-state index in [-0.39, 0.29) is 12.8 Å². The van der Waals surface area contributed by atoms with E-state index in [4.69, 9.17) is 9.97 Å². The van der Waals surface area contributed by atoms with Gasteiger partial charge in [-0.1, -0.05) is 134 Å². The van der Waals surface area contributed by atoms with Crippen LogP contribution >= 0.6 is 15.9 Å². The van der Waals surface area contributed by atoms with Gasteiger partial charge < -0.3 is 4.98 Å². The predicted molar refractivity (Wildman–Crippen MR) is 236 cm³/mol. The van der Waals surface area contributed by atoms with Crippen LogP contribution in [0.4, 0.5) is 0 Å². The lowest BCUT2D eigenvalue weighted by molar-refractivity contribution is 0.639. The van der Waals surface area contributed by atoms with Crippen molar-refractivity contribution in [2.45, 2.75) is 57.8 Å². The van der Waals surface area contributed by atoms with Crippen LogP contribution in [0.2, 0.25) is 0 Å². The summed E-state index contributed by atoms with van der Waals surface area (Å²) in [6.45, 7) is 4.53. The number of nitrogens with one attached hydrogen (secondary N) is 1. The summed E-state index contributed by atoms with van der Waals surface area (Å²) >= 11 is 3.60. The summed E-state index contributed by atoms with van der Waals surface area (Å²) in [5, 5.41) is 11.9. The SMILES string of the molecule is Brc1ccc(-c2nc3c(cc4ccc5cccc6ccc3c4c56)c3c2C2CCC3C2)cc1.C.CC1(C)c2ccccc2-c2cc3c(nc21)[nH]c1ccccc13. The molecule has 0 radical (unpaired) electrons. The molecule has 0 saturated heterocycles. The molecule has 1 saturated carbocycles. The Balaban J connectivity index is 0.000000135. The molecule has 13 rings (SSSR count). The maximum absolute atomic E-state index is 5.46. The molecule has 3 aromatic heterocycles. The van der Waals surface area contributed by atoms with E-state index in [1.54, 1.807) is 5.56 Å². The monoisotopic (exact) mass is 773 g/mol. The van der Waals surface area contributed by atoms with Gasteiger partial charge in [0.1, 0.15) is 5.65 Å². The van der Waals surface area contributed by atoms with Gasteiger partial charge in [-0.25, -0.2) is 9.97 Å². The molecule has 0 spiro atoms. The molecule has 0 aliphatic heterocycles. The second-order valence-electron chi connectivity index (χ2n) is 16.3. The minimum Gasteiger partial charge on any atom is -0.339 e. The quantitative estimate of drug-likeness (QED) is 0.133. The van der Waals surface area contributed by atoms with Crippen molar-refractivity contribution in [3.05, 3.63) is 154 Å². The first-order chi connectivity index (χ1) is 26.4. The summed E-state index contributed by atoms with van der Waals surface area (Å²) in [5.41, 5.74) is 14.0. The van der Waals surface area contributed by atoms with Crippen LogP contribution < -0.4 is 0 Å². The minimum absolute atomic E-state index is 0. The predicted octanol–water partition coefficient (Wildman–Crippen LogP) is 14.6. The molecule has 2 atom stereocenters. The molecule has 2 bridgehead atoms. The molecule has 4 heteroatoms. The third kappa shape index (κ3) is 4.55. The molecule has 1 fully saturated rings. The Morgan fingerprint density at radius 1 is 0.618 bits per heavy atom. The van der Waals surface area contributed by atoms with Crippen molar-refractivity contribution in [2.75, 3.05) is 0 Å². The second-order valence-corrected chi connectivity index (χ2v) is 17.2. The summed E-state index contributed by atoms with van der Waals surface area (Å²) in [7, 11) is 0. The van der Waals surface area contributed by atoms with Crippen molar-refractivity contribution in [1.29, 1.82) is 0 Å². The van der Waals surface area contributed by atoms with E-state index in [2.05, 4.69) is 162 Å². The highest BCUT2D eigenvalue weighted by Crippen LogP contribution is 2.58. The molecule has 2 unspecified atom stereocenters. The van der Waals surface area contributed by atoms with Crippen LogP contribution in [0.1, 0.15) is 74.8 Å². The number of H-pyrrole nitrogens is 1. The van der Waals surface area contributed by atoms with E-state index < -0.39 is 0 Å². The average Bonchev–Trinajstić information content (AvgIpc) is 3.97. The fraction of sp³-hybridized carbons (Fsp3) is 0.176. The van der Waals surface area contributed by atoms with Gasteiger partial charge in [-0.3, -0.25) is 0 Å². The Morgan fingerprint density at radius 2 is 1.35 bits per heavy atom. The molecule has 3 heterocycles. The zero-order valence-electron chi connectivity index (χ0n) is 30.2. The standard InChI is InChI=1S/C30H20BrN.C20H16N2.CH4/c31-22-11-8-18(9-12-22)29-28-20-7-6-19(14-20)27(28)24-15-21-5-4-16-2-1-3-17-10-13-23(30(24)32-29)26(21)25(16)17;1-20(2)16-9-5-3-7-12(16)14-11-15-13-8-4-6-10-17(13)21-19(15)22-18(14)20;/h1-5,8-13,15,19-20H,6-7,14H2;3-11H,1-2H3,(H,21,22);1H4. The number of aromatic nitrogens is 3. The first-order valence-electron chi connectivity index (χ1n) is 19.2. The van der Waals surface area contributed by atoms with Gasteiger partial charge in [-0.05, 0) is 111 Å². The lowest BCUT2D eigenvalue weighted by atomic mass is 9.84. The number of benzene rings is 7. The van der Waals surface area contributed by atoms with E-state index in [1.165, 1.54) is 112 Å². The van der Waals surface area contributed by atoms with Crippen LogP contribution in [0, 0.1) is 0 Å². The summed E-state index contributed by atoms with van der Waals surface area (Å²) in [4.78, 5) is 13.9. The summed E-state index contributed by atoms with van der Waals surface area (Å²) < 4.78 is 1.11. The van der Waals surface area contributed by atoms with Crippen molar-refractivity contribution in [2.24, 2.45) is 0 Å². The number of nitrogens with zero attached hydrogens (tertiary/aromatic N) is 2. The van der Waals surface area contributed by atoms with Gasteiger partial charge in [0.15, 0.2) is 0 Å². The highest BCUT2D eigenvalue weighted by atomic mass is 79.9. The Hall–Kier alpha value is -5.58. The van der Waals surface area contributed by atoms with Crippen molar-refractivity contribution >= 4 is 81.1 Å². The number of rotatable bonds is 1. The van der Waals surface area contributed by atoms with Crippen LogP contribution in [0.3, 0.4) is 0 Å². The third-order valence-corrected chi connectivity index (χ3v) is 13.5. The molecule has 7 aromatic carbocycles. The van der Waals surface area contributed by atoms with Gasteiger partial charge in [0.2, 0.25) is 0 Å². The van der Waals surface area contributed by atoms with Crippen molar-refractivity contribution in [3.8, 4) is 22.4 Å². The highest BCUT2D eigenvalue weighted by molar-refractivity contribution is 9.10. The third-order valence-electron chi connectivity index (χ3n) is 13.0. The lowest BCUT2D eigenvalue weighted by Crippen LogP contribution is -2.16. The number of para-hydroxylation sites is 1. The van der Waals surface area contributed by atoms with Gasteiger partial charge >= 0.3 is 0 Å². The minimum atomic E-state index is -0.0442. The van der Waals surface area contributed by atoms with Gasteiger partial charge in [0.05, 0.1) is 16.9 Å². The zero-order chi connectivity index (χ0) is 35.9. The maximum atomic E-state index is 5.46. The molecule has 0 amide bonds. The van der Waals surface area contributed by atoms with Gasteiger partial charge in [0.25, 0.3) is 0 Å². The number of pyridine rings is 2. The van der Waals surface area contributed by atoms with E-state index in [9.17, 15) is 0 Å². The highest BCUT2D eigenvalue weighted by Gasteiger charge is 2.41. The summed E-state index contributed by atoms with van der Waals surface area (Å²) in [6, 6.07) is 46.4. The molecular weight excluding hydrogens is 734 g/mol. The normalized spacial score (nSPS) is 17.5. The smallest absolute Gasteiger partial charge is 0.138 e. The van der Waals surface area contributed by atoms with E-state index in [1.807, 2.05) is 0 Å². The summed E-state index contributed by atoms with van der Waals surface area (Å²) in [5.74, 6) is 1.35. The molecule has 266 valence electrons. The summed E-state index contributed by atoms with van der Waals surface area (Å²) in [6.07, 6.45) is 3.93. The number of aromatic amines is 1. The fourth-order valence-electron chi connectivity index (χ4n) is 10.6. The molecule has 3 aliphatic rings. The van der Waals surface area contributed by atoms with Crippen LogP contribution in [0.25, 0.3) is 87.5 Å². The number of hydrogen-bond donors (Lipinski definition) is 1. The van der Waals surface area contributed by atoms with Crippen LogP contribution in [0.15, 0.2) is 132 Å². The lowest BCUT2D eigenvalue weighted by Gasteiger charge is -2.22. The van der Waals surface area contributed by atoms with Crippen LogP contribution in [0.5, 0.6) is 0 Å². The average molecular weight is 775 g/mol. The van der Waals surface area contributed by atoms with E-state index >= 15 is 0 Å². The zero-order valence-corrected chi connectivity index (χ0v) is 31.8. The van der Waals surface area contributed by atoms with Gasteiger partial charge in [0, 0.05) is 48.1 Å². The molecule has 1 N–H and O–H groups in total. The van der Waals surface area contributed by atoms with E-state index in [0.717, 1.165) is 15.6 Å². The molecule has 55 heavy (non-hydrogen) atoms. The number of hydrogen-bond acceptors (Lipinski definition) is 2.